The smallest absolute Gasteiger partial charge is 0.254 e. The average molecular weight is 545 g/mol. The Labute approximate surface area is 238 Å². The monoisotopic (exact) mass is 544 g/mol. The van der Waals surface area contributed by atoms with E-state index in [0.29, 0.717) is 31.0 Å². The predicted molar refractivity (Wildman–Crippen MR) is 155 cm³/mol. The number of carbonyl (C=O) groups is 2. The van der Waals surface area contributed by atoms with E-state index in [4.69, 9.17) is 9.47 Å². The van der Waals surface area contributed by atoms with Crippen molar-refractivity contribution in [1.29, 1.82) is 0 Å². The van der Waals surface area contributed by atoms with E-state index in [0.717, 1.165) is 77.9 Å². The van der Waals surface area contributed by atoms with Gasteiger partial charge in [-0.05, 0) is 110 Å². The maximum absolute atomic E-state index is 14.1. The summed E-state index contributed by atoms with van der Waals surface area (Å²) < 4.78 is 14.0. The normalized spacial score (nSPS) is 33.2. The lowest BCUT2D eigenvalue weighted by atomic mass is 9.54. The van der Waals surface area contributed by atoms with E-state index in [9.17, 15) is 9.59 Å². The van der Waals surface area contributed by atoms with E-state index in [1.807, 2.05) is 25.7 Å². The minimum absolute atomic E-state index is 0.00934. The number of rotatable bonds is 5. The molecule has 4 saturated carbocycles. The van der Waals surface area contributed by atoms with Crippen molar-refractivity contribution in [2.75, 3.05) is 27.2 Å². The number of hydrogen-bond acceptors (Lipinski definition) is 5. The maximum Gasteiger partial charge on any atom is 0.254 e. The molecule has 7 aliphatic rings. The van der Waals surface area contributed by atoms with E-state index >= 15 is 0 Å². The van der Waals surface area contributed by atoms with E-state index in [1.165, 1.54) is 30.4 Å². The standard InChI is InChI=1S/C34H44N2O4/c1-20-17-21(2)25(26(37)18-20)19-36-16-9-24-27(31(36)38)22(3)29-30(28(24)23-7-8-23)40-32(4,39-29)33-10-13-34(14-11-33,15-12-33)35(5)6/h17,23H,7-16,18-19H2,1-6H3. The zero-order valence-corrected chi connectivity index (χ0v) is 25.2. The van der Waals surface area contributed by atoms with Crippen molar-refractivity contribution >= 4 is 11.7 Å². The van der Waals surface area contributed by atoms with Gasteiger partial charge >= 0.3 is 0 Å². The third-order valence-electron chi connectivity index (χ3n) is 11.7. The lowest BCUT2D eigenvalue weighted by Gasteiger charge is -2.59. The molecule has 5 aliphatic carbocycles. The number of benzene rings is 1. The van der Waals surface area contributed by atoms with E-state index in [1.54, 1.807) is 0 Å². The Morgan fingerprint density at radius 1 is 0.975 bits per heavy atom. The van der Waals surface area contributed by atoms with Gasteiger partial charge in [0.1, 0.15) is 0 Å². The van der Waals surface area contributed by atoms with Crippen LogP contribution in [0.25, 0.3) is 0 Å². The van der Waals surface area contributed by atoms with Crippen LogP contribution in [0.15, 0.2) is 22.8 Å². The predicted octanol–water partition coefficient (Wildman–Crippen LogP) is 6.25. The van der Waals surface area contributed by atoms with Crippen molar-refractivity contribution in [1.82, 2.24) is 9.80 Å². The highest BCUT2D eigenvalue weighted by Crippen LogP contribution is 2.64. The number of carbonyl (C=O) groups excluding carboxylic acids is 2. The summed E-state index contributed by atoms with van der Waals surface area (Å²) in [7, 11) is 4.46. The van der Waals surface area contributed by atoms with Gasteiger partial charge in [0.2, 0.25) is 0 Å². The van der Waals surface area contributed by atoms with Crippen LogP contribution in [-0.4, -0.2) is 60.0 Å². The number of ether oxygens (including phenoxy) is 2. The van der Waals surface area contributed by atoms with Gasteiger partial charge in [-0.25, -0.2) is 0 Å². The molecule has 4 fully saturated rings. The fourth-order valence-corrected chi connectivity index (χ4v) is 8.77. The Bertz CT molecular complexity index is 1370. The first-order chi connectivity index (χ1) is 19.0. The van der Waals surface area contributed by atoms with Gasteiger partial charge in [0.25, 0.3) is 11.7 Å². The number of hydrogen-bond donors (Lipinski definition) is 0. The number of nitrogens with zero attached hydrogens (tertiary/aromatic N) is 2. The molecule has 0 saturated heterocycles. The van der Waals surface area contributed by atoms with Gasteiger partial charge in [0.05, 0.1) is 0 Å². The fraction of sp³-hybridized carbons (Fsp3) is 0.647. The Hall–Kier alpha value is -2.60. The summed E-state index contributed by atoms with van der Waals surface area (Å²) in [4.78, 5) is 31.4. The Kier molecular flexibility index (Phi) is 5.72. The molecule has 2 heterocycles. The van der Waals surface area contributed by atoms with E-state index in [-0.39, 0.29) is 17.1 Å². The Morgan fingerprint density at radius 2 is 1.62 bits per heavy atom. The Morgan fingerprint density at radius 3 is 2.23 bits per heavy atom. The van der Waals surface area contributed by atoms with E-state index < -0.39 is 5.79 Å². The molecule has 2 bridgehead atoms. The molecule has 1 amide bonds. The lowest BCUT2D eigenvalue weighted by molar-refractivity contribution is -0.212. The zero-order chi connectivity index (χ0) is 28.2. The van der Waals surface area contributed by atoms with Gasteiger partial charge in [-0.3, -0.25) is 9.59 Å². The molecule has 0 radical (unpaired) electrons. The number of ketones is 1. The van der Waals surface area contributed by atoms with Crippen LogP contribution < -0.4 is 9.47 Å². The Balaban J connectivity index is 1.24. The molecule has 6 heteroatoms. The summed E-state index contributed by atoms with van der Waals surface area (Å²) in [6.07, 6.45) is 12.5. The third-order valence-corrected chi connectivity index (χ3v) is 11.7. The summed E-state index contributed by atoms with van der Waals surface area (Å²) >= 11 is 0. The van der Waals surface area contributed by atoms with E-state index in [2.05, 4.69) is 32.0 Å². The molecule has 214 valence electrons. The van der Waals surface area contributed by atoms with Gasteiger partial charge in [-0.15, -0.1) is 0 Å². The molecule has 1 atom stereocenters. The number of Topliss-reactive ketones (excluding diaryl/α,β-unsaturated/α-hetero) is 1. The van der Waals surface area contributed by atoms with Crippen molar-refractivity contribution in [3.05, 3.63) is 45.0 Å². The summed E-state index contributed by atoms with van der Waals surface area (Å²) in [5.41, 5.74) is 7.27. The van der Waals surface area contributed by atoms with Crippen LogP contribution in [0.5, 0.6) is 11.5 Å². The largest absolute Gasteiger partial charge is 0.448 e. The van der Waals surface area contributed by atoms with Crippen molar-refractivity contribution < 1.29 is 19.1 Å². The quantitative estimate of drug-likeness (QED) is 0.439. The van der Waals surface area contributed by atoms with Gasteiger partial charge in [-0.2, -0.15) is 0 Å². The van der Waals surface area contributed by atoms with Crippen LogP contribution in [0.2, 0.25) is 0 Å². The first-order valence-corrected chi connectivity index (χ1v) is 15.4. The minimum atomic E-state index is -0.712. The van der Waals surface area contributed by atoms with Crippen LogP contribution in [0.3, 0.4) is 0 Å². The third kappa shape index (κ3) is 3.63. The average Bonchev–Trinajstić information content (AvgIpc) is 3.69. The van der Waals surface area contributed by atoms with Gasteiger partial charge < -0.3 is 19.3 Å². The summed E-state index contributed by atoms with van der Waals surface area (Å²) in [5, 5.41) is 0. The molecule has 2 aliphatic heterocycles. The first kappa shape index (κ1) is 26.3. The van der Waals surface area contributed by atoms with Crippen LogP contribution in [0.4, 0.5) is 0 Å². The van der Waals surface area contributed by atoms with Crippen LogP contribution in [0, 0.1) is 12.3 Å². The summed E-state index contributed by atoms with van der Waals surface area (Å²) in [6, 6.07) is 0. The van der Waals surface area contributed by atoms with Crippen molar-refractivity contribution in [2.24, 2.45) is 5.41 Å². The molecule has 8 rings (SSSR count). The zero-order valence-electron chi connectivity index (χ0n) is 25.2. The fourth-order valence-electron chi connectivity index (χ4n) is 8.77. The molecule has 40 heavy (non-hydrogen) atoms. The van der Waals surface area contributed by atoms with Gasteiger partial charge in [0.15, 0.2) is 17.3 Å². The highest BCUT2D eigenvalue weighted by atomic mass is 16.7. The number of allylic oxidation sites excluding steroid dienone is 3. The van der Waals surface area contributed by atoms with Crippen LogP contribution >= 0.6 is 0 Å². The van der Waals surface area contributed by atoms with Crippen molar-refractivity contribution in [2.45, 2.75) is 109 Å². The molecule has 1 aromatic rings. The summed E-state index contributed by atoms with van der Waals surface area (Å²) in [6.45, 7) is 9.22. The van der Waals surface area contributed by atoms with Crippen LogP contribution in [0.1, 0.15) is 112 Å². The molecule has 0 aromatic heterocycles. The van der Waals surface area contributed by atoms with Gasteiger partial charge in [-0.1, -0.05) is 11.6 Å². The molecular weight excluding hydrogens is 500 g/mol. The SMILES string of the molecule is CC1=CC(C)=C(CN2CCc3c(c(C)c4c(c3C3CC3)OC(C)(C35CCC(N(C)C)(CC3)CC5)O4)C2=O)C(=O)C1. The molecule has 6 nitrogen and oxygen atoms in total. The first-order valence-electron chi connectivity index (χ1n) is 15.4. The molecule has 0 spiro atoms. The topological polar surface area (TPSA) is 59.1 Å². The maximum atomic E-state index is 14.1. The molecule has 1 aromatic carbocycles. The minimum Gasteiger partial charge on any atom is -0.448 e. The van der Waals surface area contributed by atoms with Crippen molar-refractivity contribution in [3.8, 4) is 11.5 Å². The molecular formula is C34H44N2O4. The highest BCUT2D eigenvalue weighted by molar-refractivity contribution is 6.03. The summed E-state index contributed by atoms with van der Waals surface area (Å²) in [5.74, 6) is 1.63. The molecule has 0 N–H and O–H groups in total. The van der Waals surface area contributed by atoms with Crippen molar-refractivity contribution in [3.63, 3.8) is 0 Å². The second-order valence-electron chi connectivity index (χ2n) is 14.1. The lowest BCUT2D eigenvalue weighted by Crippen LogP contribution is -2.62. The van der Waals surface area contributed by atoms with Gasteiger partial charge in [0, 0.05) is 59.7 Å². The number of amides is 1. The highest BCUT2D eigenvalue weighted by Gasteiger charge is 2.63. The second kappa shape index (κ2) is 8.70. The number of fused-ring (bicyclic) bond motifs is 5. The molecule has 1 unspecified atom stereocenters. The second-order valence-corrected chi connectivity index (χ2v) is 14.1. The van der Waals surface area contributed by atoms with Crippen LogP contribution in [-0.2, 0) is 11.2 Å².